The molecule has 1 rings (SSSR count). The van der Waals surface area contributed by atoms with Gasteiger partial charge in [0.2, 0.25) is 6.41 Å². The molecule has 1 aromatic heterocycles. The Hall–Kier alpha value is -0.480. The van der Waals surface area contributed by atoms with Crippen LogP contribution in [0.15, 0.2) is 17.5 Å². The average Bonchev–Trinajstić information content (AvgIpc) is 2.37. The highest BCUT2D eigenvalue weighted by Gasteiger charge is 1.97. The summed E-state index contributed by atoms with van der Waals surface area (Å²) in [5.74, 6) is 0. The van der Waals surface area contributed by atoms with Gasteiger partial charge in [-0.2, -0.15) is 0 Å². The number of thiophene rings is 1. The maximum atomic E-state index is 10.1. The van der Waals surface area contributed by atoms with Gasteiger partial charge in [0.25, 0.3) is 0 Å². The zero-order valence-corrected chi connectivity index (χ0v) is 6.23. The molecule has 0 aromatic carbocycles. The molecule has 2 nitrogen and oxygen atoms in total. The van der Waals surface area contributed by atoms with Gasteiger partial charge in [-0.05, 0) is 17.5 Å². The maximum absolute atomic E-state index is 10.1. The molecule has 0 saturated heterocycles. The molecule has 0 fully saturated rings. The minimum absolute atomic E-state index is 0.662. The summed E-state index contributed by atoms with van der Waals surface area (Å²) in [4.78, 5) is 10.1. The molecule has 0 saturated carbocycles. The first-order valence-corrected chi connectivity index (χ1v) is 3.59. The molecule has 48 valence electrons. The quantitative estimate of drug-likeness (QED) is 0.513. The summed E-state index contributed by atoms with van der Waals surface area (Å²) in [6, 6.07) is 3.69. The van der Waals surface area contributed by atoms with Crippen LogP contribution in [0.4, 0.5) is 5.00 Å². The van der Waals surface area contributed by atoms with E-state index in [0.717, 1.165) is 5.00 Å². The van der Waals surface area contributed by atoms with Crippen LogP contribution in [0, 0.1) is 0 Å². The van der Waals surface area contributed by atoms with Crippen molar-refractivity contribution in [2.75, 3.05) is 4.31 Å². The van der Waals surface area contributed by atoms with Gasteiger partial charge in [0.1, 0.15) is 5.00 Å². The largest absolute Gasteiger partial charge is 0.277 e. The summed E-state index contributed by atoms with van der Waals surface area (Å²) in [5, 5.41) is 2.73. The lowest BCUT2D eigenvalue weighted by Crippen LogP contribution is -2.03. The van der Waals surface area contributed by atoms with Crippen molar-refractivity contribution in [3.05, 3.63) is 17.5 Å². The zero-order chi connectivity index (χ0) is 6.69. The number of nitrogens with zero attached hydrogens (tertiary/aromatic N) is 1. The maximum Gasteiger partial charge on any atom is 0.224 e. The van der Waals surface area contributed by atoms with Crippen LogP contribution in [0.2, 0.25) is 0 Å². The molecule has 0 spiro atoms. The van der Waals surface area contributed by atoms with Crippen molar-refractivity contribution in [3.63, 3.8) is 0 Å². The Morgan fingerprint density at radius 2 is 2.56 bits per heavy atom. The predicted molar refractivity (Wildman–Crippen MR) is 41.8 cm³/mol. The van der Waals surface area contributed by atoms with Crippen LogP contribution in [0.25, 0.3) is 0 Å². The Bertz CT molecular complexity index is 185. The van der Waals surface area contributed by atoms with Crippen molar-refractivity contribution in [2.24, 2.45) is 0 Å². The molecule has 0 aliphatic carbocycles. The Morgan fingerprint density at radius 3 is 3.00 bits per heavy atom. The van der Waals surface area contributed by atoms with Crippen LogP contribution >= 0.6 is 24.2 Å². The third-order valence-electron chi connectivity index (χ3n) is 0.832. The van der Waals surface area contributed by atoms with Gasteiger partial charge in [0, 0.05) is 0 Å². The molecule has 9 heavy (non-hydrogen) atoms. The van der Waals surface area contributed by atoms with E-state index in [9.17, 15) is 4.79 Å². The van der Waals surface area contributed by atoms with Crippen molar-refractivity contribution in [2.45, 2.75) is 0 Å². The predicted octanol–water partition coefficient (Wildman–Crippen LogP) is 1.56. The number of carbonyl (C=O) groups excluding carboxylic acids is 1. The van der Waals surface area contributed by atoms with Crippen molar-refractivity contribution in [1.29, 1.82) is 0 Å². The molecule has 0 aliphatic heterocycles. The van der Waals surface area contributed by atoms with Crippen molar-refractivity contribution < 1.29 is 4.79 Å². The minimum atomic E-state index is 0.662. The number of carbonyl (C=O) groups is 1. The summed E-state index contributed by atoms with van der Waals surface area (Å²) in [6.07, 6.45) is 0.662. The minimum Gasteiger partial charge on any atom is -0.277 e. The van der Waals surface area contributed by atoms with E-state index in [2.05, 4.69) is 12.8 Å². The zero-order valence-electron chi connectivity index (χ0n) is 4.52. The van der Waals surface area contributed by atoms with Gasteiger partial charge >= 0.3 is 0 Å². The monoisotopic (exact) mass is 159 g/mol. The Morgan fingerprint density at radius 1 is 1.78 bits per heavy atom. The number of thiol groups is 1. The number of anilines is 1. The van der Waals surface area contributed by atoms with Crippen LogP contribution in [0.5, 0.6) is 0 Å². The van der Waals surface area contributed by atoms with Gasteiger partial charge in [-0.3, -0.25) is 9.10 Å². The summed E-state index contributed by atoms with van der Waals surface area (Å²) in [5.41, 5.74) is 0. The molecule has 1 aromatic rings. The first-order valence-electron chi connectivity index (χ1n) is 2.31. The lowest BCUT2D eigenvalue weighted by atomic mass is 10.6. The van der Waals surface area contributed by atoms with E-state index in [0.29, 0.717) is 6.41 Å². The van der Waals surface area contributed by atoms with Gasteiger partial charge in [-0.25, -0.2) is 0 Å². The van der Waals surface area contributed by atoms with E-state index in [1.807, 2.05) is 17.5 Å². The molecule has 0 unspecified atom stereocenters. The molecule has 0 bridgehead atoms. The van der Waals surface area contributed by atoms with Gasteiger partial charge in [0.05, 0.1) is 0 Å². The Labute approximate surface area is 62.6 Å². The van der Waals surface area contributed by atoms with E-state index in [4.69, 9.17) is 0 Å². The second kappa shape index (κ2) is 2.89. The van der Waals surface area contributed by atoms with Crippen molar-refractivity contribution >= 4 is 35.6 Å². The third kappa shape index (κ3) is 1.46. The van der Waals surface area contributed by atoms with Crippen LogP contribution in [-0.4, -0.2) is 6.41 Å². The summed E-state index contributed by atoms with van der Waals surface area (Å²) < 4.78 is 1.24. The van der Waals surface area contributed by atoms with Crippen LogP contribution in [-0.2, 0) is 4.79 Å². The first kappa shape index (κ1) is 6.64. The highest BCUT2D eigenvalue weighted by Crippen LogP contribution is 2.20. The second-order valence-electron chi connectivity index (χ2n) is 1.40. The van der Waals surface area contributed by atoms with Crippen molar-refractivity contribution in [1.82, 2.24) is 0 Å². The number of hydrogen-bond donors (Lipinski definition) is 1. The van der Waals surface area contributed by atoms with E-state index in [1.165, 1.54) is 15.6 Å². The fourth-order valence-corrected chi connectivity index (χ4v) is 1.27. The van der Waals surface area contributed by atoms with Crippen LogP contribution in [0.1, 0.15) is 0 Å². The fraction of sp³-hybridized carbons (Fsp3) is 0. The average molecular weight is 159 g/mol. The molecule has 0 aliphatic rings. The first-order chi connectivity index (χ1) is 4.34. The third-order valence-corrected chi connectivity index (χ3v) is 2.14. The summed E-state index contributed by atoms with van der Waals surface area (Å²) in [6.45, 7) is 0. The molecular formula is C5H5NOS2. The second-order valence-corrected chi connectivity index (χ2v) is 2.76. The Kier molecular flexibility index (Phi) is 2.13. The summed E-state index contributed by atoms with van der Waals surface area (Å²) >= 11 is 5.34. The molecule has 1 amide bonds. The van der Waals surface area contributed by atoms with E-state index < -0.39 is 0 Å². The fourth-order valence-electron chi connectivity index (χ4n) is 0.452. The molecular weight excluding hydrogens is 154 g/mol. The molecule has 0 radical (unpaired) electrons. The van der Waals surface area contributed by atoms with Gasteiger partial charge in [-0.15, -0.1) is 11.3 Å². The van der Waals surface area contributed by atoms with E-state index >= 15 is 0 Å². The number of amides is 1. The molecule has 1 heterocycles. The lowest BCUT2D eigenvalue weighted by Gasteiger charge is -2.02. The highest BCUT2D eigenvalue weighted by atomic mass is 32.1. The SMILES string of the molecule is O=CN(S)c1cccs1. The standard InChI is InChI=1S/C5H5NOS2/c7-4-6(8)5-2-1-3-9-5/h1-4,8H. The highest BCUT2D eigenvalue weighted by molar-refractivity contribution is 7.82. The number of hydrogen-bond acceptors (Lipinski definition) is 3. The summed E-state index contributed by atoms with van der Waals surface area (Å²) in [7, 11) is 0. The van der Waals surface area contributed by atoms with Crippen molar-refractivity contribution in [3.8, 4) is 0 Å². The smallest absolute Gasteiger partial charge is 0.224 e. The van der Waals surface area contributed by atoms with E-state index in [1.54, 1.807) is 0 Å². The van der Waals surface area contributed by atoms with Crippen LogP contribution < -0.4 is 4.31 Å². The molecule has 4 heteroatoms. The molecule has 0 N–H and O–H groups in total. The van der Waals surface area contributed by atoms with Gasteiger partial charge < -0.3 is 0 Å². The number of rotatable bonds is 2. The van der Waals surface area contributed by atoms with Gasteiger partial charge in [-0.1, -0.05) is 12.8 Å². The van der Waals surface area contributed by atoms with Gasteiger partial charge in [0.15, 0.2) is 0 Å². The topological polar surface area (TPSA) is 20.3 Å². The normalized spacial score (nSPS) is 9.00. The van der Waals surface area contributed by atoms with Crippen LogP contribution in [0.3, 0.4) is 0 Å². The molecule has 0 atom stereocenters. The lowest BCUT2D eigenvalue weighted by molar-refractivity contribution is -0.106. The van der Waals surface area contributed by atoms with E-state index in [-0.39, 0.29) is 0 Å². The Balaban J connectivity index is 2.76.